The quantitative estimate of drug-likeness (QED) is 0.380. The summed E-state index contributed by atoms with van der Waals surface area (Å²) in [6.07, 6.45) is -2.94. The van der Waals surface area contributed by atoms with Crippen molar-refractivity contribution in [2.75, 3.05) is 13.2 Å². The van der Waals surface area contributed by atoms with E-state index in [9.17, 15) is 15.0 Å². The van der Waals surface area contributed by atoms with Crippen LogP contribution in [0.2, 0.25) is 0 Å². The molecule has 4 aromatic carbocycles. The summed E-state index contributed by atoms with van der Waals surface area (Å²) in [5, 5.41) is 26.0. The number of carbonyl (C=O) groups is 1. The van der Waals surface area contributed by atoms with Crippen LogP contribution in [0.15, 0.2) is 84.9 Å². The number of rotatable bonds is 6. The molecule has 0 aromatic heterocycles. The van der Waals surface area contributed by atoms with Gasteiger partial charge >= 0.3 is 6.09 Å². The Bertz CT molecular complexity index is 1300. The Balaban J connectivity index is 1.23. The molecule has 5 nitrogen and oxygen atoms in total. The van der Waals surface area contributed by atoms with Gasteiger partial charge in [-0.05, 0) is 51.1 Å². The standard InChI is InChI=1S/C29H27NO4/c1-18-14-15-19-8-2-3-9-20(19)27(18)28(32)26(31)16-30-29(33)34-17-25-23-12-6-4-10-21(23)22-11-5-7-13-24(22)25/h2-15,25-26,28,31-32H,16-17H2,1H3,(H,30,33). The van der Waals surface area contributed by atoms with Crippen LogP contribution in [-0.2, 0) is 4.74 Å². The average Bonchev–Trinajstić information content (AvgIpc) is 3.19. The lowest BCUT2D eigenvalue weighted by atomic mass is 9.93. The third-order valence-electron chi connectivity index (χ3n) is 6.65. The number of amides is 1. The fourth-order valence-electron chi connectivity index (χ4n) is 4.94. The van der Waals surface area contributed by atoms with Gasteiger partial charge in [0.2, 0.25) is 0 Å². The molecule has 2 unspecified atom stereocenters. The first-order valence-electron chi connectivity index (χ1n) is 11.5. The van der Waals surface area contributed by atoms with Crippen molar-refractivity contribution < 1.29 is 19.7 Å². The minimum Gasteiger partial charge on any atom is -0.449 e. The van der Waals surface area contributed by atoms with Crippen LogP contribution in [-0.4, -0.2) is 35.6 Å². The molecule has 0 saturated heterocycles. The van der Waals surface area contributed by atoms with E-state index >= 15 is 0 Å². The molecular formula is C29H27NO4. The van der Waals surface area contributed by atoms with Crippen LogP contribution in [0.4, 0.5) is 4.79 Å². The zero-order valence-corrected chi connectivity index (χ0v) is 18.9. The maximum absolute atomic E-state index is 12.4. The van der Waals surface area contributed by atoms with Crippen LogP contribution in [0.1, 0.15) is 34.3 Å². The van der Waals surface area contributed by atoms with Gasteiger partial charge in [-0.15, -0.1) is 0 Å². The van der Waals surface area contributed by atoms with Crippen LogP contribution < -0.4 is 5.32 Å². The SMILES string of the molecule is Cc1ccc2ccccc2c1C(O)C(O)CNC(=O)OCC1c2ccccc2-c2ccccc21. The van der Waals surface area contributed by atoms with Gasteiger partial charge in [0.05, 0.1) is 0 Å². The largest absolute Gasteiger partial charge is 0.449 e. The Morgan fingerprint density at radius 1 is 0.882 bits per heavy atom. The molecule has 0 bridgehead atoms. The van der Waals surface area contributed by atoms with Crippen LogP contribution in [0.3, 0.4) is 0 Å². The fourth-order valence-corrected chi connectivity index (χ4v) is 4.94. The van der Waals surface area contributed by atoms with Crippen molar-refractivity contribution >= 4 is 16.9 Å². The zero-order chi connectivity index (χ0) is 23.7. The van der Waals surface area contributed by atoms with E-state index < -0.39 is 18.3 Å². The van der Waals surface area contributed by atoms with Crippen molar-refractivity contribution in [3.05, 3.63) is 107 Å². The Labute approximate surface area is 198 Å². The highest BCUT2D eigenvalue weighted by molar-refractivity contribution is 5.87. The van der Waals surface area contributed by atoms with E-state index in [1.54, 1.807) is 0 Å². The number of hydrogen-bond acceptors (Lipinski definition) is 4. The summed E-state index contributed by atoms with van der Waals surface area (Å²) in [4.78, 5) is 12.4. The average molecular weight is 454 g/mol. The summed E-state index contributed by atoms with van der Waals surface area (Å²) in [6, 6.07) is 27.9. The molecule has 2 atom stereocenters. The second-order valence-electron chi connectivity index (χ2n) is 8.74. The smallest absolute Gasteiger partial charge is 0.407 e. The van der Waals surface area contributed by atoms with Crippen LogP contribution in [0.5, 0.6) is 0 Å². The molecule has 3 N–H and O–H groups in total. The summed E-state index contributed by atoms with van der Waals surface area (Å²) in [6.45, 7) is 1.97. The molecule has 0 radical (unpaired) electrons. The third-order valence-corrected chi connectivity index (χ3v) is 6.65. The zero-order valence-electron chi connectivity index (χ0n) is 18.9. The number of nitrogens with one attached hydrogen (secondary N) is 1. The van der Waals surface area contributed by atoms with Gasteiger partial charge in [-0.25, -0.2) is 4.79 Å². The minimum atomic E-state index is -1.18. The highest BCUT2D eigenvalue weighted by Gasteiger charge is 2.29. The topological polar surface area (TPSA) is 78.8 Å². The number of aliphatic hydroxyl groups is 2. The molecule has 5 heteroatoms. The molecule has 0 aliphatic heterocycles. The maximum Gasteiger partial charge on any atom is 0.407 e. The van der Waals surface area contributed by atoms with Gasteiger partial charge in [-0.2, -0.15) is 0 Å². The Morgan fingerprint density at radius 3 is 2.21 bits per heavy atom. The molecule has 1 aliphatic rings. The van der Waals surface area contributed by atoms with E-state index in [1.807, 2.05) is 67.6 Å². The fraction of sp³-hybridized carbons (Fsp3) is 0.207. The van der Waals surface area contributed by atoms with Crippen LogP contribution in [0, 0.1) is 6.92 Å². The van der Waals surface area contributed by atoms with Crippen molar-refractivity contribution in [2.45, 2.75) is 25.0 Å². The van der Waals surface area contributed by atoms with Gasteiger partial charge in [-0.1, -0.05) is 84.9 Å². The monoisotopic (exact) mass is 453 g/mol. The summed E-state index contributed by atoms with van der Waals surface area (Å²) >= 11 is 0. The highest BCUT2D eigenvalue weighted by atomic mass is 16.5. The molecule has 0 saturated carbocycles. The van der Waals surface area contributed by atoms with Crippen molar-refractivity contribution in [3.63, 3.8) is 0 Å². The number of fused-ring (bicyclic) bond motifs is 4. The third kappa shape index (κ3) is 4.04. The van der Waals surface area contributed by atoms with E-state index in [1.165, 1.54) is 0 Å². The molecule has 1 aliphatic carbocycles. The lowest BCUT2D eigenvalue weighted by molar-refractivity contribution is 0.0190. The van der Waals surface area contributed by atoms with Gasteiger partial charge in [0, 0.05) is 12.5 Å². The number of alkyl carbamates (subject to hydrolysis) is 1. The van der Waals surface area contributed by atoms with Crippen molar-refractivity contribution in [3.8, 4) is 11.1 Å². The molecule has 0 fully saturated rings. The second-order valence-corrected chi connectivity index (χ2v) is 8.74. The molecule has 172 valence electrons. The summed E-state index contributed by atoms with van der Waals surface area (Å²) in [5.74, 6) is -0.0352. The van der Waals surface area contributed by atoms with Gasteiger partial charge in [-0.3, -0.25) is 0 Å². The lowest BCUT2D eigenvalue weighted by Crippen LogP contribution is -2.36. The van der Waals surface area contributed by atoms with E-state index in [2.05, 4.69) is 29.6 Å². The van der Waals surface area contributed by atoms with E-state index in [4.69, 9.17) is 4.74 Å². The van der Waals surface area contributed by atoms with Gasteiger partial charge in [0.1, 0.15) is 18.8 Å². The first-order valence-corrected chi connectivity index (χ1v) is 11.5. The van der Waals surface area contributed by atoms with E-state index in [0.29, 0.717) is 5.56 Å². The molecule has 0 spiro atoms. The number of carbonyl (C=O) groups excluding carboxylic acids is 1. The van der Waals surface area contributed by atoms with Gasteiger partial charge in [0.15, 0.2) is 0 Å². The van der Waals surface area contributed by atoms with Gasteiger partial charge in [0.25, 0.3) is 0 Å². The first-order chi connectivity index (χ1) is 16.5. The lowest BCUT2D eigenvalue weighted by Gasteiger charge is -2.22. The van der Waals surface area contributed by atoms with E-state index in [0.717, 1.165) is 38.6 Å². The van der Waals surface area contributed by atoms with Crippen molar-refractivity contribution in [1.29, 1.82) is 0 Å². The van der Waals surface area contributed by atoms with Crippen molar-refractivity contribution in [1.82, 2.24) is 5.32 Å². The molecule has 34 heavy (non-hydrogen) atoms. The Hall–Kier alpha value is -3.67. The number of benzene rings is 4. The molecule has 5 rings (SSSR count). The molecule has 0 heterocycles. The number of ether oxygens (including phenoxy) is 1. The number of hydrogen-bond donors (Lipinski definition) is 3. The number of aliphatic hydroxyl groups excluding tert-OH is 2. The predicted molar refractivity (Wildman–Crippen MR) is 133 cm³/mol. The van der Waals surface area contributed by atoms with Crippen LogP contribution in [0.25, 0.3) is 21.9 Å². The normalized spacial score (nSPS) is 14.3. The summed E-state index contributed by atoms with van der Waals surface area (Å²) in [5.41, 5.74) is 6.15. The summed E-state index contributed by atoms with van der Waals surface area (Å²) < 4.78 is 5.53. The second kappa shape index (κ2) is 9.29. The van der Waals surface area contributed by atoms with Crippen LogP contribution >= 0.6 is 0 Å². The van der Waals surface area contributed by atoms with E-state index in [-0.39, 0.29) is 19.1 Å². The van der Waals surface area contributed by atoms with Gasteiger partial charge < -0.3 is 20.3 Å². The predicted octanol–water partition coefficient (Wildman–Crippen LogP) is 5.08. The Kier molecular flexibility index (Phi) is 6.05. The minimum absolute atomic E-state index is 0.0352. The molecular weight excluding hydrogens is 426 g/mol. The Morgan fingerprint density at radius 2 is 1.50 bits per heavy atom. The summed E-state index contributed by atoms with van der Waals surface area (Å²) in [7, 11) is 0. The maximum atomic E-state index is 12.4. The number of aryl methyl sites for hydroxylation is 1. The molecule has 1 amide bonds. The highest BCUT2D eigenvalue weighted by Crippen LogP contribution is 2.44. The first kappa shape index (κ1) is 22.1. The van der Waals surface area contributed by atoms with Crippen molar-refractivity contribution in [2.24, 2.45) is 0 Å². The molecule has 4 aromatic rings.